The van der Waals surface area contributed by atoms with Gasteiger partial charge in [-0.3, -0.25) is 0 Å². The molecule has 0 saturated carbocycles. The summed E-state index contributed by atoms with van der Waals surface area (Å²) in [6.07, 6.45) is 0. The third-order valence-electron chi connectivity index (χ3n) is 5.87. The van der Waals surface area contributed by atoms with Gasteiger partial charge in [-0.25, -0.2) is 4.79 Å². The highest BCUT2D eigenvalue weighted by atomic mass is 35.5. The molecule has 0 aliphatic heterocycles. The first-order valence-electron chi connectivity index (χ1n) is 10.9. The van der Waals surface area contributed by atoms with Crippen LogP contribution in [0.5, 0.6) is 5.75 Å². The van der Waals surface area contributed by atoms with Crippen LogP contribution in [-0.2, 0) is 6.61 Å². The lowest BCUT2D eigenvalue weighted by atomic mass is 10.0. The molecule has 0 saturated heterocycles. The van der Waals surface area contributed by atoms with Gasteiger partial charge in [0.2, 0.25) is 0 Å². The fourth-order valence-electron chi connectivity index (χ4n) is 4.26. The van der Waals surface area contributed by atoms with E-state index >= 15 is 0 Å². The SMILES string of the molecule is Cc1ccc(-c2cc(Cl)ccc2OCc2ccccc2)n1-c1cc(C(=O)O)c2ccccc2c1. The number of aromatic carboxylic acids is 1. The smallest absolute Gasteiger partial charge is 0.336 e. The first-order chi connectivity index (χ1) is 16.5. The Morgan fingerprint density at radius 2 is 1.68 bits per heavy atom. The molecule has 5 rings (SSSR count). The van der Waals surface area contributed by atoms with Gasteiger partial charge in [0, 0.05) is 22.0 Å². The first kappa shape index (κ1) is 21.8. The summed E-state index contributed by atoms with van der Waals surface area (Å²) in [7, 11) is 0. The average molecular weight is 468 g/mol. The molecule has 0 aliphatic rings. The minimum Gasteiger partial charge on any atom is -0.488 e. The number of carboxylic acids is 1. The minimum absolute atomic E-state index is 0.263. The highest BCUT2D eigenvalue weighted by Crippen LogP contribution is 2.37. The number of benzene rings is 4. The van der Waals surface area contributed by atoms with Crippen LogP contribution in [0.4, 0.5) is 0 Å². The quantitative estimate of drug-likeness (QED) is 0.280. The zero-order valence-corrected chi connectivity index (χ0v) is 19.3. The van der Waals surface area contributed by atoms with Crippen LogP contribution in [0.1, 0.15) is 21.6 Å². The number of hydrogen-bond acceptors (Lipinski definition) is 2. The van der Waals surface area contributed by atoms with E-state index in [2.05, 4.69) is 0 Å². The van der Waals surface area contributed by atoms with E-state index in [1.807, 2.05) is 102 Å². The second-order valence-electron chi connectivity index (χ2n) is 8.13. The molecule has 0 atom stereocenters. The number of ether oxygens (including phenoxy) is 1. The molecule has 4 aromatic carbocycles. The van der Waals surface area contributed by atoms with Crippen LogP contribution in [0.15, 0.2) is 97.1 Å². The average Bonchev–Trinajstić information content (AvgIpc) is 3.24. The zero-order chi connectivity index (χ0) is 23.7. The Balaban J connectivity index is 1.64. The van der Waals surface area contributed by atoms with Crippen molar-refractivity contribution in [2.75, 3.05) is 0 Å². The molecule has 0 radical (unpaired) electrons. The van der Waals surface area contributed by atoms with Gasteiger partial charge < -0.3 is 14.4 Å². The standard InChI is InChI=1S/C29H22ClNO3/c1-19-11-13-27(26-16-22(30)12-14-28(26)34-18-20-7-3-2-4-8-20)31(19)23-15-21-9-5-6-10-24(21)25(17-23)29(32)33/h2-17H,18H2,1H3,(H,32,33). The van der Waals surface area contributed by atoms with E-state index in [0.29, 0.717) is 22.8 Å². The monoisotopic (exact) mass is 467 g/mol. The predicted octanol–water partition coefficient (Wildman–Crippen LogP) is 7.54. The van der Waals surface area contributed by atoms with E-state index in [1.165, 1.54) is 0 Å². The number of aryl methyl sites for hydroxylation is 1. The Labute approximate surface area is 202 Å². The summed E-state index contributed by atoms with van der Waals surface area (Å²) in [5.74, 6) is -0.258. The molecule has 5 heteroatoms. The van der Waals surface area contributed by atoms with Crippen molar-refractivity contribution in [3.8, 4) is 22.7 Å². The van der Waals surface area contributed by atoms with Crippen LogP contribution in [0.3, 0.4) is 0 Å². The highest BCUT2D eigenvalue weighted by Gasteiger charge is 2.18. The molecule has 1 heterocycles. The van der Waals surface area contributed by atoms with Crippen LogP contribution in [-0.4, -0.2) is 15.6 Å². The van der Waals surface area contributed by atoms with Crippen molar-refractivity contribution < 1.29 is 14.6 Å². The fraction of sp³-hybridized carbons (Fsp3) is 0.0690. The van der Waals surface area contributed by atoms with Gasteiger partial charge in [-0.15, -0.1) is 0 Å². The van der Waals surface area contributed by atoms with E-state index < -0.39 is 5.97 Å². The highest BCUT2D eigenvalue weighted by molar-refractivity contribution is 6.31. The Hall–Kier alpha value is -4.02. The van der Waals surface area contributed by atoms with E-state index in [0.717, 1.165) is 33.6 Å². The van der Waals surface area contributed by atoms with Crippen molar-refractivity contribution in [1.82, 2.24) is 4.57 Å². The van der Waals surface area contributed by atoms with Crippen molar-refractivity contribution >= 4 is 28.3 Å². The van der Waals surface area contributed by atoms with Gasteiger partial charge in [-0.1, -0.05) is 66.2 Å². The van der Waals surface area contributed by atoms with Gasteiger partial charge in [0.05, 0.1) is 11.3 Å². The number of rotatable bonds is 6. The molecule has 1 aromatic heterocycles. The Kier molecular flexibility index (Phi) is 5.83. The van der Waals surface area contributed by atoms with Crippen molar-refractivity contribution in [2.45, 2.75) is 13.5 Å². The maximum Gasteiger partial charge on any atom is 0.336 e. The fourth-order valence-corrected chi connectivity index (χ4v) is 4.43. The van der Waals surface area contributed by atoms with Crippen LogP contribution in [0, 0.1) is 6.92 Å². The molecule has 5 aromatic rings. The number of fused-ring (bicyclic) bond motifs is 1. The number of halogens is 1. The van der Waals surface area contributed by atoms with Crippen LogP contribution in [0.25, 0.3) is 27.7 Å². The van der Waals surface area contributed by atoms with Gasteiger partial charge in [0.1, 0.15) is 12.4 Å². The molecule has 0 unspecified atom stereocenters. The third kappa shape index (κ3) is 4.16. The Morgan fingerprint density at radius 1 is 0.912 bits per heavy atom. The molecule has 34 heavy (non-hydrogen) atoms. The molecule has 4 nitrogen and oxygen atoms in total. The Bertz CT molecular complexity index is 1510. The Morgan fingerprint density at radius 3 is 2.47 bits per heavy atom. The summed E-state index contributed by atoms with van der Waals surface area (Å²) in [5.41, 5.74) is 4.77. The first-order valence-corrected chi connectivity index (χ1v) is 11.3. The van der Waals surface area contributed by atoms with Crippen LogP contribution >= 0.6 is 11.6 Å². The summed E-state index contributed by atoms with van der Waals surface area (Å²) in [6.45, 7) is 2.42. The number of hydrogen-bond donors (Lipinski definition) is 1. The summed E-state index contributed by atoms with van der Waals surface area (Å²) >= 11 is 6.39. The van der Waals surface area contributed by atoms with Crippen molar-refractivity contribution in [2.24, 2.45) is 0 Å². The molecular formula is C29H22ClNO3. The van der Waals surface area contributed by atoms with Gasteiger partial charge in [-0.2, -0.15) is 0 Å². The lowest BCUT2D eigenvalue weighted by Crippen LogP contribution is -2.05. The second-order valence-corrected chi connectivity index (χ2v) is 8.57. The molecule has 0 fully saturated rings. The van der Waals surface area contributed by atoms with Crippen LogP contribution in [0.2, 0.25) is 5.02 Å². The number of carboxylic acid groups (broad SMARTS) is 1. The van der Waals surface area contributed by atoms with E-state index in [-0.39, 0.29) is 5.56 Å². The molecule has 0 bridgehead atoms. The van der Waals surface area contributed by atoms with Crippen LogP contribution < -0.4 is 4.74 Å². The molecule has 168 valence electrons. The van der Waals surface area contributed by atoms with Gasteiger partial charge in [0.25, 0.3) is 0 Å². The molecule has 0 aliphatic carbocycles. The normalized spacial score (nSPS) is 11.0. The lowest BCUT2D eigenvalue weighted by Gasteiger charge is -2.17. The third-order valence-corrected chi connectivity index (χ3v) is 6.10. The second kappa shape index (κ2) is 9.08. The summed E-state index contributed by atoms with van der Waals surface area (Å²) < 4.78 is 8.24. The predicted molar refractivity (Wildman–Crippen MR) is 136 cm³/mol. The van der Waals surface area contributed by atoms with Crippen molar-refractivity contribution in [1.29, 1.82) is 0 Å². The van der Waals surface area contributed by atoms with Crippen molar-refractivity contribution in [3.63, 3.8) is 0 Å². The summed E-state index contributed by atoms with van der Waals surface area (Å²) in [4.78, 5) is 12.0. The zero-order valence-electron chi connectivity index (χ0n) is 18.5. The minimum atomic E-state index is -0.959. The molecule has 1 N–H and O–H groups in total. The van der Waals surface area contributed by atoms with Crippen molar-refractivity contribution in [3.05, 3.63) is 119 Å². The van der Waals surface area contributed by atoms with Gasteiger partial charge in [-0.05, 0) is 65.7 Å². The molecule has 0 amide bonds. The number of carbonyl (C=O) groups is 1. The largest absolute Gasteiger partial charge is 0.488 e. The molecular weight excluding hydrogens is 446 g/mol. The van der Waals surface area contributed by atoms with Gasteiger partial charge >= 0.3 is 5.97 Å². The summed E-state index contributed by atoms with van der Waals surface area (Å²) in [6, 6.07) is 30.8. The maximum absolute atomic E-state index is 12.0. The van der Waals surface area contributed by atoms with E-state index in [9.17, 15) is 9.90 Å². The number of nitrogens with zero attached hydrogens (tertiary/aromatic N) is 1. The summed E-state index contributed by atoms with van der Waals surface area (Å²) in [5, 5.41) is 12.0. The molecule has 0 spiro atoms. The lowest BCUT2D eigenvalue weighted by molar-refractivity contribution is 0.0699. The number of aromatic nitrogens is 1. The van der Waals surface area contributed by atoms with E-state index in [1.54, 1.807) is 6.07 Å². The van der Waals surface area contributed by atoms with E-state index in [4.69, 9.17) is 16.3 Å². The topological polar surface area (TPSA) is 51.5 Å². The van der Waals surface area contributed by atoms with Gasteiger partial charge in [0.15, 0.2) is 0 Å². The maximum atomic E-state index is 12.0.